The first-order valence-electron chi connectivity index (χ1n) is 6.55. The fraction of sp³-hybridized carbons (Fsp3) is 0.500. The minimum Gasteiger partial charge on any atom is -0.497 e. The highest BCUT2D eigenvalue weighted by Gasteiger charge is 2.14. The number of benzene rings is 1. The van der Waals surface area contributed by atoms with Crippen LogP contribution in [0.3, 0.4) is 0 Å². The highest BCUT2D eigenvalue weighted by Crippen LogP contribution is 2.23. The summed E-state index contributed by atoms with van der Waals surface area (Å²) in [6, 6.07) is 5.75. The molecule has 1 fully saturated rings. The molecule has 0 aromatic heterocycles. The van der Waals surface area contributed by atoms with Gasteiger partial charge >= 0.3 is 0 Å². The first-order valence-corrected chi connectivity index (χ1v) is 6.55. The average Bonchev–Trinajstić information content (AvgIpc) is 2.46. The van der Waals surface area contributed by atoms with Gasteiger partial charge in [0.1, 0.15) is 11.5 Å². The summed E-state index contributed by atoms with van der Waals surface area (Å²) in [6.45, 7) is 4.27. The van der Waals surface area contributed by atoms with Crippen molar-refractivity contribution in [3.8, 4) is 11.5 Å². The van der Waals surface area contributed by atoms with Gasteiger partial charge in [0.25, 0.3) is 0 Å². The van der Waals surface area contributed by atoms with Gasteiger partial charge in [-0.3, -0.25) is 5.01 Å². The number of hydrogen-bond acceptors (Lipinski definition) is 4. The monoisotopic (exact) mass is 264 g/mol. The van der Waals surface area contributed by atoms with E-state index in [4.69, 9.17) is 9.47 Å². The summed E-state index contributed by atoms with van der Waals surface area (Å²) in [6.07, 6.45) is 1.86. The molecule has 5 heteroatoms. The Balaban J connectivity index is 2.05. The number of ether oxygens (including phenoxy) is 2. The molecule has 0 bridgehead atoms. The quantitative estimate of drug-likeness (QED) is 0.770. The molecule has 0 radical (unpaired) electrons. The standard InChI is InChI=1S/C14H21N3O2/c1-16-6-8-17(9-7-16)15-11-12-4-5-13(18-2)10-14(12)19-3/h4-5,10-11H,6-9H2,1-3H3/p+1/b15-11-. The Bertz CT molecular complexity index is 440. The average molecular weight is 264 g/mol. The number of nitrogens with one attached hydrogen (secondary N) is 1. The third-order valence-corrected chi connectivity index (χ3v) is 3.39. The van der Waals surface area contributed by atoms with Crippen molar-refractivity contribution in [1.82, 2.24) is 5.01 Å². The molecular weight excluding hydrogens is 242 g/mol. The molecule has 0 saturated carbocycles. The number of methoxy groups -OCH3 is 2. The van der Waals surface area contributed by atoms with Gasteiger partial charge in [0, 0.05) is 11.6 Å². The van der Waals surface area contributed by atoms with Crippen LogP contribution in [-0.4, -0.2) is 58.7 Å². The largest absolute Gasteiger partial charge is 0.497 e. The summed E-state index contributed by atoms with van der Waals surface area (Å²) in [5, 5.41) is 6.63. The van der Waals surface area contributed by atoms with E-state index in [1.807, 2.05) is 24.4 Å². The van der Waals surface area contributed by atoms with E-state index in [1.54, 1.807) is 19.1 Å². The second-order valence-electron chi connectivity index (χ2n) is 4.76. The van der Waals surface area contributed by atoms with Crippen molar-refractivity contribution >= 4 is 6.21 Å². The van der Waals surface area contributed by atoms with E-state index in [1.165, 1.54) is 0 Å². The lowest BCUT2D eigenvalue weighted by Gasteiger charge is -2.27. The Hall–Kier alpha value is -1.75. The molecule has 1 aliphatic heterocycles. The van der Waals surface area contributed by atoms with Crippen LogP contribution in [0.5, 0.6) is 11.5 Å². The Labute approximate surface area is 114 Å². The normalized spacial score (nSPS) is 16.9. The number of nitrogens with zero attached hydrogens (tertiary/aromatic N) is 2. The van der Waals surface area contributed by atoms with Gasteiger partial charge in [0.05, 0.1) is 53.7 Å². The molecule has 0 aliphatic carbocycles. The first-order chi connectivity index (χ1) is 9.22. The van der Waals surface area contributed by atoms with E-state index in [2.05, 4.69) is 17.2 Å². The minimum absolute atomic E-state index is 0.780. The Morgan fingerprint density at radius 2 is 1.95 bits per heavy atom. The van der Waals surface area contributed by atoms with Crippen LogP contribution in [0.15, 0.2) is 23.3 Å². The summed E-state index contributed by atoms with van der Waals surface area (Å²) >= 11 is 0. The summed E-state index contributed by atoms with van der Waals surface area (Å²) in [7, 11) is 5.52. The number of hydrogen-bond donors (Lipinski definition) is 1. The SMILES string of the molecule is COc1ccc(/C=N\N2CC[NH+](C)CC2)c(OC)c1. The van der Waals surface area contributed by atoms with Crippen molar-refractivity contribution in [2.45, 2.75) is 0 Å². The predicted octanol–water partition coefficient (Wildman–Crippen LogP) is -0.132. The van der Waals surface area contributed by atoms with Crippen LogP contribution >= 0.6 is 0 Å². The number of likely N-dealkylation sites (N-methyl/N-ethyl adjacent to an activating group) is 1. The zero-order valence-corrected chi connectivity index (χ0v) is 11.8. The van der Waals surface area contributed by atoms with Gasteiger partial charge < -0.3 is 14.4 Å². The lowest BCUT2D eigenvalue weighted by Crippen LogP contribution is -3.11. The zero-order chi connectivity index (χ0) is 13.7. The molecule has 1 aromatic carbocycles. The Kier molecular flexibility index (Phi) is 4.63. The number of rotatable bonds is 4. The fourth-order valence-electron chi connectivity index (χ4n) is 2.06. The van der Waals surface area contributed by atoms with Crippen LogP contribution in [-0.2, 0) is 0 Å². The molecule has 0 amide bonds. The third-order valence-electron chi connectivity index (χ3n) is 3.39. The van der Waals surface area contributed by atoms with E-state index >= 15 is 0 Å². The molecule has 1 saturated heterocycles. The van der Waals surface area contributed by atoms with E-state index < -0.39 is 0 Å². The van der Waals surface area contributed by atoms with E-state index in [9.17, 15) is 0 Å². The molecule has 1 heterocycles. The van der Waals surface area contributed by atoms with Gasteiger partial charge in [0.2, 0.25) is 0 Å². The molecule has 104 valence electrons. The van der Waals surface area contributed by atoms with Gasteiger partial charge in [-0.1, -0.05) is 0 Å². The lowest BCUT2D eigenvalue weighted by molar-refractivity contribution is -0.884. The molecule has 5 nitrogen and oxygen atoms in total. The van der Waals surface area contributed by atoms with Crippen molar-refractivity contribution in [2.75, 3.05) is 47.4 Å². The number of piperazine rings is 1. The van der Waals surface area contributed by atoms with Gasteiger partial charge in [-0.2, -0.15) is 5.10 Å². The fourth-order valence-corrected chi connectivity index (χ4v) is 2.06. The van der Waals surface area contributed by atoms with E-state index in [0.29, 0.717) is 0 Å². The van der Waals surface area contributed by atoms with Gasteiger partial charge in [-0.15, -0.1) is 0 Å². The maximum Gasteiger partial charge on any atom is 0.131 e. The highest BCUT2D eigenvalue weighted by molar-refractivity contribution is 5.83. The van der Waals surface area contributed by atoms with Crippen LogP contribution < -0.4 is 14.4 Å². The lowest BCUT2D eigenvalue weighted by atomic mass is 10.2. The molecule has 0 spiro atoms. The van der Waals surface area contributed by atoms with Crippen molar-refractivity contribution in [2.24, 2.45) is 5.10 Å². The minimum atomic E-state index is 0.780. The summed E-state index contributed by atoms with van der Waals surface area (Å²) in [4.78, 5) is 1.56. The van der Waals surface area contributed by atoms with Crippen molar-refractivity contribution in [3.63, 3.8) is 0 Å². The van der Waals surface area contributed by atoms with Gasteiger partial charge in [-0.05, 0) is 12.1 Å². The number of quaternary nitrogens is 1. The zero-order valence-electron chi connectivity index (χ0n) is 11.8. The molecule has 1 aliphatic rings. The van der Waals surface area contributed by atoms with Crippen LogP contribution in [0, 0.1) is 0 Å². The molecule has 0 unspecified atom stereocenters. The molecule has 1 aromatic rings. The highest BCUT2D eigenvalue weighted by atomic mass is 16.5. The molecule has 1 N–H and O–H groups in total. The summed E-state index contributed by atoms with van der Waals surface area (Å²) in [5.41, 5.74) is 0.967. The van der Waals surface area contributed by atoms with Gasteiger partial charge in [-0.25, -0.2) is 0 Å². The molecule has 2 rings (SSSR count). The second-order valence-corrected chi connectivity index (χ2v) is 4.76. The first kappa shape index (κ1) is 13.7. The van der Waals surface area contributed by atoms with Crippen LogP contribution in [0.25, 0.3) is 0 Å². The summed E-state index contributed by atoms with van der Waals surface area (Å²) < 4.78 is 10.5. The van der Waals surface area contributed by atoms with Gasteiger partial charge in [0.15, 0.2) is 0 Å². The van der Waals surface area contributed by atoms with Crippen molar-refractivity contribution < 1.29 is 14.4 Å². The molecule has 19 heavy (non-hydrogen) atoms. The maximum absolute atomic E-state index is 5.35. The Morgan fingerprint density at radius 3 is 2.58 bits per heavy atom. The predicted molar refractivity (Wildman–Crippen MR) is 75.3 cm³/mol. The van der Waals surface area contributed by atoms with Crippen molar-refractivity contribution in [3.05, 3.63) is 23.8 Å². The summed E-state index contributed by atoms with van der Waals surface area (Å²) in [5.74, 6) is 1.57. The second kappa shape index (κ2) is 6.43. The van der Waals surface area contributed by atoms with E-state index in [0.717, 1.165) is 43.2 Å². The van der Waals surface area contributed by atoms with Crippen molar-refractivity contribution in [1.29, 1.82) is 0 Å². The van der Waals surface area contributed by atoms with Crippen LogP contribution in [0.2, 0.25) is 0 Å². The maximum atomic E-state index is 5.35. The third kappa shape index (κ3) is 3.61. The Morgan fingerprint density at radius 1 is 1.21 bits per heavy atom. The van der Waals surface area contributed by atoms with Crippen LogP contribution in [0.4, 0.5) is 0 Å². The van der Waals surface area contributed by atoms with Crippen LogP contribution in [0.1, 0.15) is 5.56 Å². The smallest absolute Gasteiger partial charge is 0.131 e. The van der Waals surface area contributed by atoms with E-state index in [-0.39, 0.29) is 0 Å². The molecular formula is C14H22N3O2+. The topological polar surface area (TPSA) is 38.5 Å². The molecule has 0 atom stereocenters. The number of hydrazone groups is 1.